The zero-order valence-corrected chi connectivity index (χ0v) is 18.6. The number of piperazine rings is 1. The molecule has 31 heavy (non-hydrogen) atoms. The van der Waals surface area contributed by atoms with Crippen LogP contribution in [0.4, 0.5) is 10.5 Å². The molecular weight excluding hydrogens is 414 g/mol. The van der Waals surface area contributed by atoms with Crippen LogP contribution in [0, 0.1) is 6.92 Å². The fourth-order valence-electron chi connectivity index (χ4n) is 3.58. The quantitative estimate of drug-likeness (QED) is 0.713. The molecule has 2 aromatic rings. The summed E-state index contributed by atoms with van der Waals surface area (Å²) in [6.07, 6.45) is 1.16. The fraction of sp³-hybridized carbons (Fsp3) is 0.391. The number of benzene rings is 2. The van der Waals surface area contributed by atoms with Crippen LogP contribution in [0.3, 0.4) is 0 Å². The number of carbonyl (C=O) groups excluding carboxylic acids is 2. The number of carbonyl (C=O) groups is 2. The van der Waals surface area contributed by atoms with Gasteiger partial charge in [0.25, 0.3) is 0 Å². The highest BCUT2D eigenvalue weighted by atomic mass is 32.2. The first kappa shape index (κ1) is 22.8. The monoisotopic (exact) mass is 443 g/mol. The van der Waals surface area contributed by atoms with Gasteiger partial charge in [-0.1, -0.05) is 42.5 Å². The molecule has 1 saturated heterocycles. The number of amides is 3. The molecule has 0 bridgehead atoms. The molecule has 3 rings (SSSR count). The van der Waals surface area contributed by atoms with Gasteiger partial charge in [0.2, 0.25) is 5.91 Å². The Balaban J connectivity index is 1.42. The molecule has 0 spiro atoms. The molecule has 0 saturated carbocycles. The number of urea groups is 1. The third-order valence-corrected chi connectivity index (χ3v) is 6.89. The van der Waals surface area contributed by atoms with Crippen molar-refractivity contribution >= 4 is 27.5 Å². The van der Waals surface area contributed by atoms with E-state index in [2.05, 4.69) is 5.32 Å². The maximum absolute atomic E-state index is 12.5. The molecule has 1 aliphatic heterocycles. The number of nitrogens with zero attached hydrogens (tertiary/aromatic N) is 2. The van der Waals surface area contributed by atoms with Crippen molar-refractivity contribution in [3.63, 3.8) is 0 Å². The minimum atomic E-state index is -3.46. The summed E-state index contributed by atoms with van der Waals surface area (Å²) >= 11 is 0. The molecule has 1 heterocycles. The molecule has 0 unspecified atom stereocenters. The van der Waals surface area contributed by atoms with Crippen LogP contribution in [0.2, 0.25) is 0 Å². The summed E-state index contributed by atoms with van der Waals surface area (Å²) in [6.45, 7) is 3.36. The van der Waals surface area contributed by atoms with Crippen molar-refractivity contribution in [2.75, 3.05) is 43.0 Å². The van der Waals surface area contributed by atoms with Crippen molar-refractivity contribution in [2.45, 2.75) is 19.8 Å². The van der Waals surface area contributed by atoms with E-state index in [9.17, 15) is 18.0 Å². The second-order valence-corrected chi connectivity index (χ2v) is 10.0. The molecule has 166 valence electrons. The van der Waals surface area contributed by atoms with Crippen LogP contribution in [0.5, 0.6) is 0 Å². The Hall–Kier alpha value is -2.87. The first-order chi connectivity index (χ1) is 14.8. The van der Waals surface area contributed by atoms with E-state index < -0.39 is 21.5 Å². The number of aryl methyl sites for hydroxylation is 2. The lowest BCUT2D eigenvalue weighted by atomic mass is 10.1. The molecule has 0 radical (unpaired) electrons. The van der Waals surface area contributed by atoms with E-state index in [4.69, 9.17) is 0 Å². The largest absolute Gasteiger partial charge is 0.338 e. The predicted molar refractivity (Wildman–Crippen MR) is 122 cm³/mol. The SMILES string of the molecule is Cc1cccc(NC(=O)N2CCN(C(=O)CS(=O)(=O)CCCc3ccccc3)CC2)c1. The van der Waals surface area contributed by atoms with Gasteiger partial charge in [-0.25, -0.2) is 13.2 Å². The summed E-state index contributed by atoms with van der Waals surface area (Å²) in [5, 5.41) is 2.86. The topological polar surface area (TPSA) is 86.8 Å². The number of rotatable bonds is 7. The lowest BCUT2D eigenvalue weighted by molar-refractivity contribution is -0.129. The predicted octanol–water partition coefficient (Wildman–Crippen LogP) is 2.72. The molecule has 3 amide bonds. The number of sulfone groups is 1. The van der Waals surface area contributed by atoms with Crippen LogP contribution in [0.25, 0.3) is 0 Å². The number of nitrogens with one attached hydrogen (secondary N) is 1. The Morgan fingerprint density at radius 2 is 1.61 bits per heavy atom. The van der Waals surface area contributed by atoms with Gasteiger partial charge < -0.3 is 15.1 Å². The van der Waals surface area contributed by atoms with E-state index in [1.165, 1.54) is 4.90 Å². The molecule has 7 nitrogen and oxygen atoms in total. The van der Waals surface area contributed by atoms with E-state index in [-0.39, 0.29) is 11.8 Å². The van der Waals surface area contributed by atoms with Crippen molar-refractivity contribution in [3.05, 3.63) is 65.7 Å². The lowest BCUT2D eigenvalue weighted by Gasteiger charge is -2.34. The standard InChI is InChI=1S/C23H29N3O4S/c1-19-7-5-11-21(17-19)24-23(28)26-14-12-25(13-15-26)22(27)18-31(29,30)16-6-10-20-8-3-2-4-9-20/h2-5,7-9,11,17H,6,10,12-16,18H2,1H3,(H,24,28). The first-order valence-corrected chi connectivity index (χ1v) is 12.3. The lowest BCUT2D eigenvalue weighted by Crippen LogP contribution is -2.52. The summed E-state index contributed by atoms with van der Waals surface area (Å²) in [6, 6.07) is 17.0. The highest BCUT2D eigenvalue weighted by molar-refractivity contribution is 7.92. The van der Waals surface area contributed by atoms with E-state index in [1.807, 2.05) is 61.5 Å². The van der Waals surface area contributed by atoms with Crippen molar-refractivity contribution < 1.29 is 18.0 Å². The smallest absolute Gasteiger partial charge is 0.321 e. The molecule has 2 aromatic carbocycles. The molecular formula is C23H29N3O4S. The zero-order valence-electron chi connectivity index (χ0n) is 17.8. The maximum Gasteiger partial charge on any atom is 0.321 e. The van der Waals surface area contributed by atoms with Gasteiger partial charge in [0.1, 0.15) is 5.75 Å². The maximum atomic E-state index is 12.5. The Morgan fingerprint density at radius 3 is 2.29 bits per heavy atom. The second kappa shape index (κ2) is 10.4. The highest BCUT2D eigenvalue weighted by Crippen LogP contribution is 2.12. The third-order valence-electron chi connectivity index (χ3n) is 5.30. The Bertz CT molecular complexity index is 1000. The zero-order chi connectivity index (χ0) is 22.3. The van der Waals surface area contributed by atoms with Crippen molar-refractivity contribution in [2.24, 2.45) is 0 Å². The summed E-state index contributed by atoms with van der Waals surface area (Å²) in [7, 11) is -3.46. The Kier molecular flexibility index (Phi) is 7.68. The highest BCUT2D eigenvalue weighted by Gasteiger charge is 2.27. The molecule has 1 N–H and O–H groups in total. The third kappa shape index (κ3) is 7.10. The number of anilines is 1. The Labute approximate surface area is 184 Å². The Morgan fingerprint density at radius 1 is 0.935 bits per heavy atom. The van der Waals surface area contributed by atoms with E-state index in [0.29, 0.717) is 39.0 Å². The first-order valence-electron chi connectivity index (χ1n) is 10.5. The van der Waals surface area contributed by atoms with Gasteiger partial charge in [-0.2, -0.15) is 0 Å². The van der Waals surface area contributed by atoms with Crippen LogP contribution >= 0.6 is 0 Å². The van der Waals surface area contributed by atoms with Crippen LogP contribution in [0.15, 0.2) is 54.6 Å². The van der Waals surface area contributed by atoms with Gasteiger partial charge in [0, 0.05) is 31.9 Å². The average molecular weight is 444 g/mol. The van der Waals surface area contributed by atoms with Crippen molar-refractivity contribution in [3.8, 4) is 0 Å². The number of hydrogen-bond acceptors (Lipinski definition) is 4. The van der Waals surface area contributed by atoms with Crippen LogP contribution < -0.4 is 5.32 Å². The van der Waals surface area contributed by atoms with Crippen molar-refractivity contribution in [1.29, 1.82) is 0 Å². The normalized spacial score (nSPS) is 14.4. The van der Waals surface area contributed by atoms with Gasteiger partial charge in [-0.05, 0) is 43.0 Å². The molecule has 0 atom stereocenters. The van der Waals surface area contributed by atoms with Crippen LogP contribution in [-0.4, -0.2) is 67.8 Å². The van der Waals surface area contributed by atoms with Crippen LogP contribution in [0.1, 0.15) is 17.5 Å². The second-order valence-electron chi connectivity index (χ2n) is 7.85. The molecule has 1 aliphatic rings. The molecule has 0 aromatic heterocycles. The van der Waals surface area contributed by atoms with E-state index in [1.54, 1.807) is 4.90 Å². The van der Waals surface area contributed by atoms with Gasteiger partial charge in [0.05, 0.1) is 5.75 Å². The molecule has 8 heteroatoms. The van der Waals surface area contributed by atoms with Crippen LogP contribution in [-0.2, 0) is 21.1 Å². The van der Waals surface area contributed by atoms with Gasteiger partial charge in [-0.3, -0.25) is 4.79 Å². The average Bonchev–Trinajstić information content (AvgIpc) is 2.74. The van der Waals surface area contributed by atoms with Gasteiger partial charge in [0.15, 0.2) is 9.84 Å². The fourth-order valence-corrected chi connectivity index (χ4v) is 4.86. The minimum absolute atomic E-state index is 0.00744. The van der Waals surface area contributed by atoms with Gasteiger partial charge >= 0.3 is 6.03 Å². The molecule has 1 fully saturated rings. The summed E-state index contributed by atoms with van der Waals surface area (Å²) in [4.78, 5) is 28.1. The summed E-state index contributed by atoms with van der Waals surface area (Å²) in [5.41, 5.74) is 2.87. The van der Waals surface area contributed by atoms with Crippen molar-refractivity contribution in [1.82, 2.24) is 9.80 Å². The summed E-state index contributed by atoms with van der Waals surface area (Å²) in [5.74, 6) is -0.873. The number of hydrogen-bond donors (Lipinski definition) is 1. The molecule has 0 aliphatic carbocycles. The minimum Gasteiger partial charge on any atom is -0.338 e. The summed E-state index contributed by atoms with van der Waals surface area (Å²) < 4.78 is 24.7. The van der Waals surface area contributed by atoms with E-state index >= 15 is 0 Å². The van der Waals surface area contributed by atoms with Gasteiger partial charge in [-0.15, -0.1) is 0 Å². The van der Waals surface area contributed by atoms with E-state index in [0.717, 1.165) is 16.8 Å².